The van der Waals surface area contributed by atoms with E-state index in [0.29, 0.717) is 5.69 Å². The number of hydrogen-bond acceptors (Lipinski definition) is 4. The van der Waals surface area contributed by atoms with E-state index in [-0.39, 0.29) is 0 Å². The number of rotatable bonds is 3. The Morgan fingerprint density at radius 2 is 2.05 bits per heavy atom. The van der Waals surface area contributed by atoms with Crippen LogP contribution in [-0.4, -0.2) is 25.8 Å². The fourth-order valence-electron chi connectivity index (χ4n) is 1.87. The summed E-state index contributed by atoms with van der Waals surface area (Å²) in [6.07, 6.45) is 0. The SMILES string of the molecule is Cc1nn(C)c(C)c1-c1nc(C(C)(C)C(=O)O)cs1. The lowest BCUT2D eigenvalue weighted by atomic mass is 9.90. The van der Waals surface area contributed by atoms with Gasteiger partial charge < -0.3 is 5.11 Å². The Bertz CT molecular complexity index is 640. The van der Waals surface area contributed by atoms with Crippen LogP contribution in [0, 0.1) is 13.8 Å². The predicted octanol–water partition coefficient (Wildman–Crippen LogP) is 2.52. The zero-order chi connectivity index (χ0) is 14.4. The molecule has 2 aromatic rings. The molecule has 6 heteroatoms. The molecule has 0 atom stereocenters. The summed E-state index contributed by atoms with van der Waals surface area (Å²) in [5.74, 6) is -0.871. The Morgan fingerprint density at radius 3 is 2.53 bits per heavy atom. The maximum atomic E-state index is 11.3. The van der Waals surface area contributed by atoms with Gasteiger partial charge >= 0.3 is 5.97 Å². The fourth-order valence-corrected chi connectivity index (χ4v) is 3.00. The molecule has 19 heavy (non-hydrogen) atoms. The minimum absolute atomic E-state index is 0.586. The topological polar surface area (TPSA) is 68.0 Å². The van der Waals surface area contributed by atoms with Gasteiger partial charge in [-0.3, -0.25) is 9.48 Å². The molecule has 0 bridgehead atoms. The van der Waals surface area contributed by atoms with Gasteiger partial charge in [0.1, 0.15) is 10.4 Å². The number of carboxylic acid groups (broad SMARTS) is 1. The first-order valence-corrected chi connectivity index (χ1v) is 6.83. The second-order valence-electron chi connectivity index (χ2n) is 5.14. The monoisotopic (exact) mass is 279 g/mol. The molecule has 0 amide bonds. The van der Waals surface area contributed by atoms with E-state index in [9.17, 15) is 9.90 Å². The third kappa shape index (κ3) is 2.16. The van der Waals surface area contributed by atoms with Crippen LogP contribution in [-0.2, 0) is 17.3 Å². The Balaban J connectivity index is 2.50. The van der Waals surface area contributed by atoms with Crippen LogP contribution < -0.4 is 0 Å². The second-order valence-corrected chi connectivity index (χ2v) is 6.00. The number of aromatic nitrogens is 3. The highest BCUT2D eigenvalue weighted by atomic mass is 32.1. The van der Waals surface area contributed by atoms with E-state index >= 15 is 0 Å². The zero-order valence-corrected chi connectivity index (χ0v) is 12.5. The maximum Gasteiger partial charge on any atom is 0.315 e. The average molecular weight is 279 g/mol. The van der Waals surface area contributed by atoms with Gasteiger partial charge in [0.25, 0.3) is 0 Å². The van der Waals surface area contributed by atoms with Crippen molar-refractivity contribution in [2.24, 2.45) is 7.05 Å². The highest BCUT2D eigenvalue weighted by Gasteiger charge is 2.32. The highest BCUT2D eigenvalue weighted by molar-refractivity contribution is 7.13. The lowest BCUT2D eigenvalue weighted by molar-refractivity contribution is -0.142. The van der Waals surface area contributed by atoms with Gasteiger partial charge in [-0.05, 0) is 27.7 Å². The first kappa shape index (κ1) is 13.7. The van der Waals surface area contributed by atoms with Gasteiger partial charge in [0, 0.05) is 18.1 Å². The summed E-state index contributed by atoms with van der Waals surface area (Å²) in [6.45, 7) is 7.25. The van der Waals surface area contributed by atoms with Gasteiger partial charge in [-0.1, -0.05) is 0 Å². The Morgan fingerprint density at radius 1 is 1.42 bits per heavy atom. The minimum Gasteiger partial charge on any atom is -0.481 e. The van der Waals surface area contributed by atoms with E-state index in [0.717, 1.165) is 22.0 Å². The van der Waals surface area contributed by atoms with Crippen LogP contribution in [0.1, 0.15) is 30.9 Å². The van der Waals surface area contributed by atoms with Crippen molar-refractivity contribution in [3.05, 3.63) is 22.5 Å². The minimum atomic E-state index is -0.973. The quantitative estimate of drug-likeness (QED) is 0.937. The molecular formula is C13H17N3O2S. The number of hydrogen-bond donors (Lipinski definition) is 1. The number of nitrogens with zero attached hydrogens (tertiary/aromatic N) is 3. The largest absolute Gasteiger partial charge is 0.481 e. The van der Waals surface area contributed by atoms with E-state index in [4.69, 9.17) is 0 Å². The first-order valence-electron chi connectivity index (χ1n) is 5.95. The molecule has 0 unspecified atom stereocenters. The van der Waals surface area contributed by atoms with Crippen LogP contribution in [0.3, 0.4) is 0 Å². The molecule has 0 aliphatic rings. The van der Waals surface area contributed by atoms with Crippen LogP contribution in [0.4, 0.5) is 0 Å². The van der Waals surface area contributed by atoms with Crippen molar-refractivity contribution in [3.63, 3.8) is 0 Å². The third-order valence-electron chi connectivity index (χ3n) is 3.40. The molecule has 0 aliphatic heterocycles. The molecule has 0 radical (unpaired) electrons. The molecule has 0 aromatic carbocycles. The number of carboxylic acids is 1. The van der Waals surface area contributed by atoms with Crippen LogP contribution in [0.2, 0.25) is 0 Å². The van der Waals surface area contributed by atoms with Crippen molar-refractivity contribution in [1.29, 1.82) is 0 Å². The van der Waals surface area contributed by atoms with Gasteiger partial charge in [0.15, 0.2) is 0 Å². The van der Waals surface area contributed by atoms with E-state index in [1.54, 1.807) is 13.8 Å². The number of thiazole rings is 1. The smallest absolute Gasteiger partial charge is 0.315 e. The van der Waals surface area contributed by atoms with Gasteiger partial charge in [0.05, 0.1) is 17.0 Å². The summed E-state index contributed by atoms with van der Waals surface area (Å²) in [7, 11) is 1.89. The van der Waals surface area contributed by atoms with Gasteiger partial charge in [-0.25, -0.2) is 4.98 Å². The molecule has 2 aromatic heterocycles. The lowest BCUT2D eigenvalue weighted by Gasteiger charge is -2.15. The lowest BCUT2D eigenvalue weighted by Crippen LogP contribution is -2.28. The third-order valence-corrected chi connectivity index (χ3v) is 4.26. The summed E-state index contributed by atoms with van der Waals surface area (Å²) in [5, 5.41) is 16.2. The summed E-state index contributed by atoms with van der Waals surface area (Å²) in [5.41, 5.74) is 2.56. The highest BCUT2D eigenvalue weighted by Crippen LogP contribution is 2.33. The van der Waals surface area contributed by atoms with E-state index in [2.05, 4.69) is 10.1 Å². The molecule has 2 heterocycles. The standard InChI is InChI=1S/C13H17N3O2S/c1-7-10(8(2)16(5)15-7)11-14-9(6-19-11)13(3,4)12(17)18/h6H,1-5H3,(H,17,18). The van der Waals surface area contributed by atoms with Crippen LogP contribution in [0.15, 0.2) is 5.38 Å². The number of carbonyl (C=O) groups is 1. The molecule has 5 nitrogen and oxygen atoms in total. The first-order chi connectivity index (χ1) is 8.75. The van der Waals surface area contributed by atoms with Crippen molar-refractivity contribution >= 4 is 17.3 Å². The molecule has 0 saturated carbocycles. The summed E-state index contributed by atoms with van der Waals surface area (Å²) in [6, 6.07) is 0. The van der Waals surface area contributed by atoms with E-state index in [1.807, 2.05) is 31.0 Å². The fraction of sp³-hybridized carbons (Fsp3) is 0.462. The summed E-state index contributed by atoms with van der Waals surface area (Å²) < 4.78 is 1.81. The number of aliphatic carboxylic acids is 1. The van der Waals surface area contributed by atoms with Crippen molar-refractivity contribution in [1.82, 2.24) is 14.8 Å². The summed E-state index contributed by atoms with van der Waals surface area (Å²) >= 11 is 1.46. The Labute approximate surface area is 115 Å². The predicted molar refractivity (Wildman–Crippen MR) is 74.5 cm³/mol. The molecule has 0 fully saturated rings. The van der Waals surface area contributed by atoms with Crippen LogP contribution in [0.25, 0.3) is 10.6 Å². The Kier molecular flexibility index (Phi) is 3.22. The van der Waals surface area contributed by atoms with Gasteiger partial charge in [-0.2, -0.15) is 5.10 Å². The van der Waals surface area contributed by atoms with Gasteiger partial charge in [0.2, 0.25) is 0 Å². The molecule has 0 saturated heterocycles. The Hall–Kier alpha value is -1.69. The van der Waals surface area contributed by atoms with E-state index in [1.165, 1.54) is 11.3 Å². The van der Waals surface area contributed by atoms with Crippen LogP contribution in [0.5, 0.6) is 0 Å². The van der Waals surface area contributed by atoms with Gasteiger partial charge in [-0.15, -0.1) is 11.3 Å². The average Bonchev–Trinajstić information content (AvgIpc) is 2.86. The van der Waals surface area contributed by atoms with Crippen molar-refractivity contribution in [2.75, 3.05) is 0 Å². The molecule has 0 spiro atoms. The second kappa shape index (κ2) is 4.45. The molecule has 102 valence electrons. The van der Waals surface area contributed by atoms with Crippen molar-refractivity contribution < 1.29 is 9.90 Å². The molecule has 2 rings (SSSR count). The molecule has 0 aliphatic carbocycles. The van der Waals surface area contributed by atoms with Crippen molar-refractivity contribution in [3.8, 4) is 10.6 Å². The maximum absolute atomic E-state index is 11.3. The normalized spacial score (nSPS) is 11.8. The molecule has 1 N–H and O–H groups in total. The van der Waals surface area contributed by atoms with Crippen LogP contribution >= 0.6 is 11.3 Å². The zero-order valence-electron chi connectivity index (χ0n) is 11.7. The van der Waals surface area contributed by atoms with E-state index < -0.39 is 11.4 Å². The van der Waals surface area contributed by atoms with Crippen molar-refractivity contribution in [2.45, 2.75) is 33.1 Å². The summed E-state index contributed by atoms with van der Waals surface area (Å²) in [4.78, 5) is 15.7. The molecular weight excluding hydrogens is 262 g/mol. The number of aryl methyl sites for hydroxylation is 2.